The van der Waals surface area contributed by atoms with Gasteiger partial charge in [-0.1, -0.05) is 37.6 Å². The maximum Gasteiger partial charge on any atom is 0.152 e. The predicted molar refractivity (Wildman–Crippen MR) is 77.4 cm³/mol. The highest BCUT2D eigenvalue weighted by Gasteiger charge is 2.27. The molecule has 3 heteroatoms. The molecule has 2 aromatic rings. The molecule has 0 spiro atoms. The molecule has 1 heterocycles. The molecular weight excluding hydrogens is 246 g/mol. The summed E-state index contributed by atoms with van der Waals surface area (Å²) in [7, 11) is 1.98. The van der Waals surface area contributed by atoms with Crippen LogP contribution in [0.3, 0.4) is 0 Å². The number of benzene rings is 1. The fourth-order valence-electron chi connectivity index (χ4n) is 2.33. The zero-order valence-corrected chi connectivity index (χ0v) is 12.1. The Morgan fingerprint density at radius 3 is 2.72 bits per heavy atom. The number of para-hydroxylation sites is 1. The van der Waals surface area contributed by atoms with Gasteiger partial charge in [0, 0.05) is 16.8 Å². The third kappa shape index (κ3) is 2.55. The molecule has 1 atom stereocenters. The second kappa shape index (κ2) is 4.94. The molecule has 1 aromatic carbocycles. The molecule has 98 valence electrons. The van der Waals surface area contributed by atoms with Crippen molar-refractivity contribution >= 4 is 22.6 Å². The molecule has 0 aliphatic carbocycles. The summed E-state index contributed by atoms with van der Waals surface area (Å²) in [6.07, 6.45) is 1.01. The summed E-state index contributed by atoms with van der Waals surface area (Å²) < 4.78 is 5.95. The van der Waals surface area contributed by atoms with Crippen molar-refractivity contribution in [2.24, 2.45) is 0 Å². The molecule has 1 unspecified atom stereocenters. The van der Waals surface area contributed by atoms with Crippen molar-refractivity contribution in [2.75, 3.05) is 7.05 Å². The van der Waals surface area contributed by atoms with Crippen molar-refractivity contribution in [1.82, 2.24) is 5.32 Å². The first-order valence-electron chi connectivity index (χ1n) is 6.30. The number of nitrogens with one attached hydrogen (secondary N) is 1. The van der Waals surface area contributed by atoms with E-state index in [0.29, 0.717) is 11.1 Å². The summed E-state index contributed by atoms with van der Waals surface area (Å²) in [6.45, 7) is 6.58. The number of hydrogen-bond acceptors (Lipinski definition) is 2. The molecule has 0 fully saturated rings. The minimum Gasteiger partial charge on any atom is -0.459 e. The summed E-state index contributed by atoms with van der Waals surface area (Å²) >= 11 is 6.15. The van der Waals surface area contributed by atoms with E-state index >= 15 is 0 Å². The van der Waals surface area contributed by atoms with E-state index in [1.807, 2.05) is 25.2 Å². The van der Waals surface area contributed by atoms with E-state index in [9.17, 15) is 0 Å². The van der Waals surface area contributed by atoms with Gasteiger partial charge in [-0.2, -0.15) is 0 Å². The third-order valence-electron chi connectivity index (χ3n) is 3.47. The largest absolute Gasteiger partial charge is 0.459 e. The van der Waals surface area contributed by atoms with E-state index < -0.39 is 0 Å². The Labute approximate surface area is 113 Å². The molecule has 18 heavy (non-hydrogen) atoms. The molecule has 0 saturated carbocycles. The highest BCUT2D eigenvalue weighted by molar-refractivity contribution is 6.34. The SMILES string of the molecule is CNC(C)CC(C)(C)c1cc2cccc(Cl)c2o1. The van der Waals surface area contributed by atoms with Crippen LogP contribution in [0.2, 0.25) is 5.02 Å². The Bertz CT molecular complexity index is 544. The Morgan fingerprint density at radius 1 is 1.39 bits per heavy atom. The van der Waals surface area contributed by atoms with Crippen LogP contribution in [0.5, 0.6) is 0 Å². The van der Waals surface area contributed by atoms with Gasteiger partial charge >= 0.3 is 0 Å². The van der Waals surface area contributed by atoms with Crippen molar-refractivity contribution < 1.29 is 4.42 Å². The number of halogens is 1. The smallest absolute Gasteiger partial charge is 0.152 e. The zero-order valence-electron chi connectivity index (χ0n) is 11.4. The third-order valence-corrected chi connectivity index (χ3v) is 3.77. The van der Waals surface area contributed by atoms with Gasteiger partial charge in [0.05, 0.1) is 5.02 Å². The van der Waals surface area contributed by atoms with Gasteiger partial charge in [-0.3, -0.25) is 0 Å². The van der Waals surface area contributed by atoms with E-state index in [4.69, 9.17) is 16.0 Å². The lowest BCUT2D eigenvalue weighted by Crippen LogP contribution is -2.30. The van der Waals surface area contributed by atoms with Crippen LogP contribution in [-0.2, 0) is 5.41 Å². The molecule has 0 radical (unpaired) electrons. The van der Waals surface area contributed by atoms with E-state index in [1.165, 1.54) is 0 Å². The standard InChI is InChI=1S/C15H20ClNO/c1-10(17-4)9-15(2,3)13-8-11-6-5-7-12(16)14(11)18-13/h5-8,10,17H,9H2,1-4H3. The van der Waals surface area contributed by atoms with Crippen LogP contribution in [0.1, 0.15) is 33.0 Å². The lowest BCUT2D eigenvalue weighted by atomic mass is 9.83. The normalized spacial score (nSPS) is 14.1. The molecule has 0 aliphatic heterocycles. The summed E-state index contributed by atoms with van der Waals surface area (Å²) in [5.41, 5.74) is 0.782. The minimum atomic E-state index is -0.00915. The van der Waals surface area contributed by atoms with Crippen LogP contribution in [0, 0.1) is 0 Å². The quantitative estimate of drug-likeness (QED) is 0.888. The molecule has 1 N–H and O–H groups in total. The first-order chi connectivity index (χ1) is 8.44. The van der Waals surface area contributed by atoms with Crippen molar-refractivity contribution in [2.45, 2.75) is 38.6 Å². The van der Waals surface area contributed by atoms with Gasteiger partial charge in [0.2, 0.25) is 0 Å². The van der Waals surface area contributed by atoms with Crippen LogP contribution in [0.15, 0.2) is 28.7 Å². The monoisotopic (exact) mass is 265 g/mol. The van der Waals surface area contributed by atoms with Gasteiger partial charge in [0.1, 0.15) is 5.76 Å². The van der Waals surface area contributed by atoms with Gasteiger partial charge in [0.15, 0.2) is 5.58 Å². The average Bonchev–Trinajstić information content (AvgIpc) is 2.74. The highest BCUT2D eigenvalue weighted by Crippen LogP contribution is 2.35. The molecule has 0 bridgehead atoms. The van der Waals surface area contributed by atoms with Gasteiger partial charge in [-0.05, 0) is 32.5 Å². The molecular formula is C15H20ClNO. The van der Waals surface area contributed by atoms with E-state index in [0.717, 1.165) is 23.2 Å². The van der Waals surface area contributed by atoms with Crippen molar-refractivity contribution in [3.05, 3.63) is 35.0 Å². The number of fused-ring (bicyclic) bond motifs is 1. The number of furan rings is 1. The Hall–Kier alpha value is -0.990. The van der Waals surface area contributed by atoms with Crippen LogP contribution >= 0.6 is 11.6 Å². The van der Waals surface area contributed by atoms with E-state index in [2.05, 4.69) is 32.2 Å². The summed E-state index contributed by atoms with van der Waals surface area (Å²) in [5.74, 6) is 0.993. The molecule has 1 aromatic heterocycles. The minimum absolute atomic E-state index is 0.00915. The topological polar surface area (TPSA) is 25.2 Å². The predicted octanol–water partition coefficient (Wildman–Crippen LogP) is 4.36. The van der Waals surface area contributed by atoms with Crippen molar-refractivity contribution in [3.8, 4) is 0 Å². The maximum absolute atomic E-state index is 6.15. The Kier molecular flexibility index (Phi) is 3.69. The first kappa shape index (κ1) is 13.4. The molecule has 0 aliphatic rings. The molecule has 0 amide bonds. The summed E-state index contributed by atoms with van der Waals surface area (Å²) in [5, 5.41) is 5.02. The van der Waals surface area contributed by atoms with Gasteiger partial charge in [0.25, 0.3) is 0 Å². The Balaban J connectivity index is 2.38. The van der Waals surface area contributed by atoms with Gasteiger partial charge < -0.3 is 9.73 Å². The highest BCUT2D eigenvalue weighted by atomic mass is 35.5. The Morgan fingerprint density at radius 2 is 2.11 bits per heavy atom. The fourth-order valence-corrected chi connectivity index (χ4v) is 2.55. The van der Waals surface area contributed by atoms with Gasteiger partial charge in [-0.15, -0.1) is 0 Å². The van der Waals surface area contributed by atoms with E-state index in [-0.39, 0.29) is 5.41 Å². The summed E-state index contributed by atoms with van der Waals surface area (Å²) in [4.78, 5) is 0. The number of rotatable bonds is 4. The maximum atomic E-state index is 6.15. The summed E-state index contributed by atoms with van der Waals surface area (Å²) in [6, 6.07) is 8.40. The second-order valence-corrected chi connectivity index (χ2v) is 5.95. The lowest BCUT2D eigenvalue weighted by Gasteiger charge is -2.25. The van der Waals surface area contributed by atoms with Crippen LogP contribution in [0.4, 0.5) is 0 Å². The molecule has 2 nitrogen and oxygen atoms in total. The van der Waals surface area contributed by atoms with Crippen LogP contribution in [0.25, 0.3) is 11.0 Å². The first-order valence-corrected chi connectivity index (χ1v) is 6.67. The molecule has 0 saturated heterocycles. The average molecular weight is 266 g/mol. The van der Waals surface area contributed by atoms with Crippen molar-refractivity contribution in [1.29, 1.82) is 0 Å². The second-order valence-electron chi connectivity index (χ2n) is 5.55. The van der Waals surface area contributed by atoms with Crippen molar-refractivity contribution in [3.63, 3.8) is 0 Å². The fraction of sp³-hybridized carbons (Fsp3) is 0.467. The number of hydrogen-bond donors (Lipinski definition) is 1. The zero-order chi connectivity index (χ0) is 13.3. The van der Waals surface area contributed by atoms with Crippen LogP contribution < -0.4 is 5.32 Å². The molecule has 2 rings (SSSR count). The lowest BCUT2D eigenvalue weighted by molar-refractivity contribution is 0.341. The van der Waals surface area contributed by atoms with E-state index in [1.54, 1.807) is 0 Å². The van der Waals surface area contributed by atoms with Crippen LogP contribution in [-0.4, -0.2) is 13.1 Å². The van der Waals surface area contributed by atoms with Gasteiger partial charge in [-0.25, -0.2) is 0 Å².